The van der Waals surface area contributed by atoms with E-state index in [9.17, 15) is 4.79 Å². The van der Waals surface area contributed by atoms with Crippen molar-refractivity contribution in [1.82, 2.24) is 5.32 Å². The fourth-order valence-electron chi connectivity index (χ4n) is 2.56. The number of carbonyl (C=O) groups excluding carboxylic acids is 1. The number of rotatable bonds is 3. The van der Waals surface area contributed by atoms with Gasteiger partial charge in [0.2, 0.25) is 0 Å². The first-order chi connectivity index (χ1) is 11.5. The van der Waals surface area contributed by atoms with Crippen LogP contribution in [0.5, 0.6) is 0 Å². The number of halogens is 1. The van der Waals surface area contributed by atoms with Gasteiger partial charge < -0.3 is 5.32 Å². The van der Waals surface area contributed by atoms with Gasteiger partial charge in [0.05, 0.1) is 10.7 Å². The highest BCUT2D eigenvalue weighted by molar-refractivity contribution is 7.80. The highest BCUT2D eigenvalue weighted by Crippen LogP contribution is 2.30. The molecule has 1 fully saturated rings. The first kappa shape index (κ1) is 16.7. The second kappa shape index (κ2) is 6.75. The van der Waals surface area contributed by atoms with Gasteiger partial charge in [-0.3, -0.25) is 9.69 Å². The molecule has 0 aliphatic carbocycles. The van der Waals surface area contributed by atoms with Crippen LogP contribution in [0.25, 0.3) is 6.08 Å². The van der Waals surface area contributed by atoms with Crippen LogP contribution in [0.4, 0.5) is 5.69 Å². The van der Waals surface area contributed by atoms with Crippen LogP contribution >= 0.6 is 23.8 Å². The number of thiocarbonyl (C=S) groups is 1. The van der Waals surface area contributed by atoms with Crippen molar-refractivity contribution in [3.63, 3.8) is 0 Å². The van der Waals surface area contributed by atoms with Crippen LogP contribution in [-0.2, 0) is 11.2 Å². The Morgan fingerprint density at radius 3 is 2.54 bits per heavy atom. The number of nitrogens with zero attached hydrogens (tertiary/aromatic N) is 1. The van der Waals surface area contributed by atoms with Gasteiger partial charge in [-0.1, -0.05) is 48.9 Å². The highest BCUT2D eigenvalue weighted by Gasteiger charge is 2.33. The SMILES string of the molecule is CCc1ccc(C=C2NC(=S)N(c3ccc(C)cc3Cl)C2=O)cc1. The molecule has 122 valence electrons. The molecule has 24 heavy (non-hydrogen) atoms. The van der Waals surface area contributed by atoms with E-state index in [-0.39, 0.29) is 5.91 Å². The van der Waals surface area contributed by atoms with Crippen molar-refractivity contribution in [2.45, 2.75) is 20.3 Å². The zero-order valence-corrected chi connectivity index (χ0v) is 15.0. The van der Waals surface area contributed by atoms with Gasteiger partial charge in [-0.15, -0.1) is 0 Å². The van der Waals surface area contributed by atoms with Gasteiger partial charge in [-0.25, -0.2) is 0 Å². The van der Waals surface area contributed by atoms with E-state index < -0.39 is 0 Å². The zero-order valence-electron chi connectivity index (χ0n) is 13.5. The van der Waals surface area contributed by atoms with Crippen LogP contribution in [0.2, 0.25) is 5.02 Å². The van der Waals surface area contributed by atoms with E-state index in [1.807, 2.05) is 37.3 Å². The fourth-order valence-corrected chi connectivity index (χ4v) is 3.17. The molecule has 0 unspecified atom stereocenters. The third kappa shape index (κ3) is 3.21. The molecule has 1 aliphatic rings. The van der Waals surface area contributed by atoms with Crippen molar-refractivity contribution < 1.29 is 4.79 Å². The van der Waals surface area contributed by atoms with Gasteiger partial charge >= 0.3 is 0 Å². The Hall–Kier alpha value is -2.17. The van der Waals surface area contributed by atoms with Crippen molar-refractivity contribution in [2.24, 2.45) is 0 Å². The topological polar surface area (TPSA) is 32.3 Å². The van der Waals surface area contributed by atoms with Crippen molar-refractivity contribution in [3.05, 3.63) is 69.9 Å². The molecule has 5 heteroatoms. The van der Waals surface area contributed by atoms with Crippen LogP contribution in [0.1, 0.15) is 23.6 Å². The Bertz CT molecular complexity index is 843. The molecule has 1 heterocycles. The van der Waals surface area contributed by atoms with Crippen molar-refractivity contribution in [3.8, 4) is 0 Å². The molecular weight excluding hydrogens is 340 g/mol. The number of benzene rings is 2. The molecule has 1 N–H and O–H groups in total. The standard InChI is InChI=1S/C19H17ClN2OS/c1-3-13-5-7-14(8-6-13)11-16-18(23)22(19(24)21-16)17-9-4-12(2)10-15(17)20/h4-11H,3H2,1-2H3,(H,21,24). The first-order valence-electron chi connectivity index (χ1n) is 7.72. The molecule has 0 saturated carbocycles. The molecule has 2 aromatic carbocycles. The minimum absolute atomic E-state index is 0.203. The fraction of sp³-hybridized carbons (Fsp3) is 0.158. The van der Waals surface area contributed by atoms with Gasteiger partial charge in [0.15, 0.2) is 5.11 Å². The lowest BCUT2D eigenvalue weighted by atomic mass is 10.1. The number of hydrogen-bond donors (Lipinski definition) is 1. The molecule has 0 radical (unpaired) electrons. The molecular formula is C19H17ClN2OS. The Kier molecular flexibility index (Phi) is 4.69. The Labute approximate surface area is 151 Å². The van der Waals surface area contributed by atoms with Crippen molar-refractivity contribution in [1.29, 1.82) is 0 Å². The summed E-state index contributed by atoms with van der Waals surface area (Å²) < 4.78 is 0. The Balaban J connectivity index is 1.92. The van der Waals surface area contributed by atoms with E-state index in [0.29, 0.717) is 21.5 Å². The predicted molar refractivity (Wildman–Crippen MR) is 103 cm³/mol. The predicted octanol–water partition coefficient (Wildman–Crippen LogP) is 4.47. The molecule has 0 bridgehead atoms. The summed E-state index contributed by atoms with van der Waals surface area (Å²) in [5, 5.41) is 3.82. The molecule has 3 nitrogen and oxygen atoms in total. The van der Waals surface area contributed by atoms with Gasteiger partial charge in [0.25, 0.3) is 5.91 Å². The number of anilines is 1. The number of hydrogen-bond acceptors (Lipinski definition) is 2. The maximum Gasteiger partial charge on any atom is 0.281 e. The van der Waals surface area contributed by atoms with E-state index >= 15 is 0 Å². The average Bonchev–Trinajstić information content (AvgIpc) is 2.83. The maximum absolute atomic E-state index is 12.7. The minimum Gasteiger partial charge on any atom is -0.327 e. The van der Waals surface area contributed by atoms with Gasteiger partial charge in [-0.2, -0.15) is 0 Å². The van der Waals surface area contributed by atoms with E-state index in [2.05, 4.69) is 24.4 Å². The molecule has 0 atom stereocenters. The summed E-state index contributed by atoms with van der Waals surface area (Å²) in [6.45, 7) is 4.06. The molecule has 2 aromatic rings. The second-order valence-corrected chi connectivity index (χ2v) is 6.47. The van der Waals surface area contributed by atoms with Gasteiger partial charge in [0.1, 0.15) is 5.70 Å². The quantitative estimate of drug-likeness (QED) is 0.650. The summed E-state index contributed by atoms with van der Waals surface area (Å²) in [5.41, 5.74) is 4.27. The number of carbonyl (C=O) groups is 1. The average molecular weight is 357 g/mol. The summed E-state index contributed by atoms with van der Waals surface area (Å²) >= 11 is 11.6. The van der Waals surface area contributed by atoms with Crippen LogP contribution in [0.15, 0.2) is 48.2 Å². The zero-order chi connectivity index (χ0) is 17.3. The lowest BCUT2D eigenvalue weighted by Crippen LogP contribution is -2.30. The molecule has 0 aromatic heterocycles. The number of amides is 1. The third-order valence-electron chi connectivity index (χ3n) is 3.92. The summed E-state index contributed by atoms with van der Waals surface area (Å²) in [6.07, 6.45) is 2.79. The van der Waals surface area contributed by atoms with Crippen LogP contribution in [0, 0.1) is 6.92 Å². The molecule has 3 rings (SSSR count). The van der Waals surface area contributed by atoms with Crippen LogP contribution in [-0.4, -0.2) is 11.0 Å². The van der Waals surface area contributed by atoms with Crippen LogP contribution < -0.4 is 10.2 Å². The summed E-state index contributed by atoms with van der Waals surface area (Å²) in [4.78, 5) is 14.2. The third-order valence-corrected chi connectivity index (χ3v) is 4.51. The number of nitrogens with one attached hydrogen (secondary N) is 1. The smallest absolute Gasteiger partial charge is 0.281 e. The summed E-state index contributed by atoms with van der Waals surface area (Å²) in [7, 11) is 0. The Morgan fingerprint density at radius 2 is 1.92 bits per heavy atom. The molecule has 1 saturated heterocycles. The van der Waals surface area contributed by atoms with E-state index in [1.54, 1.807) is 6.08 Å². The highest BCUT2D eigenvalue weighted by atomic mass is 35.5. The van der Waals surface area contributed by atoms with Crippen molar-refractivity contribution >= 4 is 46.6 Å². The summed E-state index contributed by atoms with van der Waals surface area (Å²) in [5.74, 6) is -0.203. The molecule has 1 aliphatic heterocycles. The summed E-state index contributed by atoms with van der Waals surface area (Å²) in [6, 6.07) is 13.6. The maximum atomic E-state index is 12.7. The second-order valence-electron chi connectivity index (χ2n) is 5.68. The largest absolute Gasteiger partial charge is 0.327 e. The van der Waals surface area contributed by atoms with Gasteiger partial charge in [-0.05, 0) is 60.5 Å². The normalized spacial score (nSPS) is 16.0. The minimum atomic E-state index is -0.203. The molecule has 1 amide bonds. The first-order valence-corrected chi connectivity index (χ1v) is 8.50. The number of aryl methyl sites for hydroxylation is 2. The lowest BCUT2D eigenvalue weighted by Gasteiger charge is -2.16. The van der Waals surface area contributed by atoms with Gasteiger partial charge in [0, 0.05) is 0 Å². The van der Waals surface area contributed by atoms with E-state index in [4.69, 9.17) is 23.8 Å². The van der Waals surface area contributed by atoms with Crippen LogP contribution in [0.3, 0.4) is 0 Å². The van der Waals surface area contributed by atoms with Crippen molar-refractivity contribution in [2.75, 3.05) is 4.90 Å². The lowest BCUT2D eigenvalue weighted by molar-refractivity contribution is -0.113. The Morgan fingerprint density at radius 1 is 1.21 bits per heavy atom. The van der Waals surface area contributed by atoms with E-state index in [1.165, 1.54) is 10.5 Å². The molecule has 0 spiro atoms. The monoisotopic (exact) mass is 356 g/mol. The van der Waals surface area contributed by atoms with E-state index in [0.717, 1.165) is 17.5 Å².